The molecule has 0 saturated heterocycles. The Labute approximate surface area is 116 Å². The molecule has 0 spiro atoms. The van der Waals surface area contributed by atoms with E-state index in [0.29, 0.717) is 13.0 Å². The molecule has 1 aliphatic heterocycles. The van der Waals surface area contributed by atoms with Crippen molar-refractivity contribution >= 4 is 15.9 Å². The molecule has 0 aliphatic carbocycles. The van der Waals surface area contributed by atoms with E-state index in [0.717, 1.165) is 4.31 Å². The van der Waals surface area contributed by atoms with E-state index in [-0.39, 0.29) is 23.2 Å². The lowest BCUT2D eigenvalue weighted by atomic mass is 10.2. The molecule has 0 aromatic carbocycles. The highest BCUT2D eigenvalue weighted by atomic mass is 32.2. The third kappa shape index (κ3) is 2.75. The zero-order valence-corrected chi connectivity index (χ0v) is 12.0. The highest BCUT2D eigenvalue weighted by Crippen LogP contribution is 2.20. The lowest BCUT2D eigenvalue weighted by molar-refractivity contribution is 0.0717. The van der Waals surface area contributed by atoms with Gasteiger partial charge in [-0.1, -0.05) is 0 Å². The summed E-state index contributed by atoms with van der Waals surface area (Å²) in [5, 5.41) is -0.307. The van der Waals surface area contributed by atoms with Gasteiger partial charge < -0.3 is 9.32 Å². The van der Waals surface area contributed by atoms with Gasteiger partial charge in [0.25, 0.3) is 15.9 Å². The largest absolute Gasteiger partial charge is 0.438 e. The van der Waals surface area contributed by atoms with E-state index in [1.165, 1.54) is 37.2 Å². The highest BCUT2D eigenvalue weighted by Gasteiger charge is 2.26. The van der Waals surface area contributed by atoms with Gasteiger partial charge in [0.05, 0.1) is 6.54 Å². The van der Waals surface area contributed by atoms with Gasteiger partial charge in [0.2, 0.25) is 5.09 Å². The number of furan rings is 1. The Balaban J connectivity index is 2.21. The van der Waals surface area contributed by atoms with E-state index in [9.17, 15) is 17.6 Å². The molecule has 1 aromatic heterocycles. The van der Waals surface area contributed by atoms with Crippen LogP contribution in [-0.2, 0) is 10.0 Å². The predicted molar refractivity (Wildman–Crippen MR) is 69.3 cm³/mol. The van der Waals surface area contributed by atoms with Crippen molar-refractivity contribution in [3.63, 3.8) is 0 Å². The van der Waals surface area contributed by atoms with Crippen molar-refractivity contribution in [3.8, 4) is 0 Å². The van der Waals surface area contributed by atoms with Gasteiger partial charge >= 0.3 is 0 Å². The number of sulfonamides is 1. The molecule has 1 amide bonds. The first kappa shape index (κ1) is 14.7. The minimum atomic E-state index is -3.72. The SMILES string of the molecule is CN(C)S(=O)(=O)c1ccc(C(=O)N2CCC=C(F)C2)o1. The summed E-state index contributed by atoms with van der Waals surface area (Å²) in [6.45, 7) is 0.262. The maximum absolute atomic E-state index is 13.1. The molecule has 1 aliphatic rings. The Morgan fingerprint density at radius 3 is 2.70 bits per heavy atom. The van der Waals surface area contributed by atoms with Crippen LogP contribution in [-0.4, -0.2) is 50.7 Å². The average molecular weight is 302 g/mol. The zero-order valence-electron chi connectivity index (χ0n) is 11.2. The van der Waals surface area contributed by atoms with E-state index in [1.807, 2.05) is 0 Å². The van der Waals surface area contributed by atoms with Crippen molar-refractivity contribution < 1.29 is 22.0 Å². The fraction of sp³-hybridized carbons (Fsp3) is 0.417. The Morgan fingerprint density at radius 1 is 1.40 bits per heavy atom. The van der Waals surface area contributed by atoms with Gasteiger partial charge in [0.1, 0.15) is 5.83 Å². The van der Waals surface area contributed by atoms with Crippen molar-refractivity contribution in [3.05, 3.63) is 29.8 Å². The molecule has 0 fully saturated rings. The zero-order chi connectivity index (χ0) is 14.9. The van der Waals surface area contributed by atoms with Crippen LogP contribution in [0.4, 0.5) is 4.39 Å². The van der Waals surface area contributed by atoms with Gasteiger partial charge in [-0.15, -0.1) is 0 Å². The van der Waals surface area contributed by atoms with Gasteiger partial charge in [0.15, 0.2) is 5.76 Å². The number of rotatable bonds is 3. The molecule has 1 aromatic rings. The molecule has 0 atom stereocenters. The molecule has 8 heteroatoms. The number of amides is 1. The summed E-state index contributed by atoms with van der Waals surface area (Å²) in [6, 6.07) is 2.51. The monoisotopic (exact) mass is 302 g/mol. The lowest BCUT2D eigenvalue weighted by Gasteiger charge is -2.23. The molecule has 0 radical (unpaired) electrons. The maximum Gasteiger partial charge on any atom is 0.290 e. The molecule has 6 nitrogen and oxygen atoms in total. The number of hydrogen-bond donors (Lipinski definition) is 0. The predicted octanol–water partition coefficient (Wildman–Crippen LogP) is 1.23. The number of halogens is 1. The van der Waals surface area contributed by atoms with Gasteiger partial charge in [0, 0.05) is 20.6 Å². The minimum absolute atomic E-state index is 0.111. The fourth-order valence-corrected chi connectivity index (χ4v) is 2.58. The third-order valence-electron chi connectivity index (χ3n) is 2.92. The second-order valence-electron chi connectivity index (χ2n) is 4.57. The summed E-state index contributed by atoms with van der Waals surface area (Å²) >= 11 is 0. The topological polar surface area (TPSA) is 70.8 Å². The van der Waals surface area contributed by atoms with Gasteiger partial charge in [-0.3, -0.25) is 4.79 Å². The normalized spacial score (nSPS) is 16.4. The molecular formula is C12H15FN2O4S. The van der Waals surface area contributed by atoms with Crippen LogP contribution in [0.25, 0.3) is 0 Å². The Morgan fingerprint density at radius 2 is 2.10 bits per heavy atom. The van der Waals surface area contributed by atoms with Crippen LogP contribution in [0.3, 0.4) is 0 Å². The molecule has 0 N–H and O–H groups in total. The first-order valence-electron chi connectivity index (χ1n) is 5.98. The first-order valence-corrected chi connectivity index (χ1v) is 7.42. The summed E-state index contributed by atoms with van der Waals surface area (Å²) in [5.41, 5.74) is 0. The summed E-state index contributed by atoms with van der Waals surface area (Å²) in [7, 11) is -0.990. The second-order valence-corrected chi connectivity index (χ2v) is 6.66. The van der Waals surface area contributed by atoms with E-state index in [1.54, 1.807) is 0 Å². The first-order chi connectivity index (χ1) is 9.32. The number of nitrogens with zero attached hydrogens (tertiary/aromatic N) is 2. The van der Waals surface area contributed by atoms with Crippen molar-refractivity contribution in [1.82, 2.24) is 9.21 Å². The molecule has 0 unspecified atom stereocenters. The van der Waals surface area contributed by atoms with Gasteiger partial charge in [-0.25, -0.2) is 17.1 Å². The van der Waals surface area contributed by atoms with Crippen LogP contribution >= 0.6 is 0 Å². The average Bonchev–Trinajstić information content (AvgIpc) is 2.87. The van der Waals surface area contributed by atoms with E-state index >= 15 is 0 Å². The molecular weight excluding hydrogens is 287 g/mol. The number of carbonyl (C=O) groups excluding carboxylic acids is 1. The maximum atomic E-state index is 13.1. The molecule has 2 heterocycles. The van der Waals surface area contributed by atoms with Crippen LogP contribution in [0.2, 0.25) is 0 Å². The van der Waals surface area contributed by atoms with Crippen molar-refractivity contribution in [2.75, 3.05) is 27.2 Å². The van der Waals surface area contributed by atoms with Crippen molar-refractivity contribution in [2.24, 2.45) is 0 Å². The van der Waals surface area contributed by atoms with E-state index < -0.39 is 15.9 Å². The van der Waals surface area contributed by atoms with Crippen molar-refractivity contribution in [2.45, 2.75) is 11.5 Å². The molecule has 0 bridgehead atoms. The van der Waals surface area contributed by atoms with Crippen molar-refractivity contribution in [1.29, 1.82) is 0 Å². The van der Waals surface area contributed by atoms with E-state index in [2.05, 4.69) is 0 Å². The molecule has 0 saturated carbocycles. The Bertz CT molecular complexity index is 648. The third-order valence-corrected chi connectivity index (χ3v) is 4.61. The number of carbonyl (C=O) groups is 1. The molecule has 2 rings (SSSR count). The van der Waals surface area contributed by atoms with Crippen LogP contribution in [0.5, 0.6) is 0 Å². The summed E-state index contributed by atoms with van der Waals surface area (Å²) in [4.78, 5) is 13.4. The molecule has 20 heavy (non-hydrogen) atoms. The van der Waals surface area contributed by atoms with E-state index in [4.69, 9.17) is 4.42 Å². The Kier molecular flexibility index (Phi) is 3.96. The standard InChI is InChI=1S/C12H15FN2O4S/c1-14(2)20(17,18)11-6-5-10(19-11)12(16)15-7-3-4-9(13)8-15/h4-6H,3,7-8H2,1-2H3. The van der Waals surface area contributed by atoms with Crippen LogP contribution in [0.15, 0.2) is 33.5 Å². The van der Waals surface area contributed by atoms with Crippen LogP contribution < -0.4 is 0 Å². The second kappa shape index (κ2) is 5.37. The number of hydrogen-bond acceptors (Lipinski definition) is 4. The Hall–Kier alpha value is -1.67. The quantitative estimate of drug-likeness (QED) is 0.842. The van der Waals surface area contributed by atoms with Crippen LogP contribution in [0, 0.1) is 0 Å². The van der Waals surface area contributed by atoms with Crippen LogP contribution in [0.1, 0.15) is 17.0 Å². The molecule has 110 valence electrons. The van der Waals surface area contributed by atoms with Gasteiger partial charge in [-0.2, -0.15) is 0 Å². The van der Waals surface area contributed by atoms with Gasteiger partial charge in [-0.05, 0) is 24.6 Å². The summed E-state index contributed by atoms with van der Waals surface area (Å²) in [6.07, 6.45) is 1.86. The fourth-order valence-electron chi connectivity index (χ4n) is 1.79. The smallest absolute Gasteiger partial charge is 0.290 e. The summed E-state index contributed by atoms with van der Waals surface area (Å²) < 4.78 is 42.9. The lowest BCUT2D eigenvalue weighted by Crippen LogP contribution is -2.35. The minimum Gasteiger partial charge on any atom is -0.438 e. The highest BCUT2D eigenvalue weighted by molar-refractivity contribution is 7.88. The summed E-state index contributed by atoms with van der Waals surface area (Å²) in [5.74, 6) is -1.01.